The Balaban J connectivity index is 1.60. The molecule has 4 rings (SSSR count). The monoisotopic (exact) mass is 423 g/mol. The van der Waals surface area contributed by atoms with Crippen LogP contribution in [-0.4, -0.2) is 25.1 Å². The van der Waals surface area contributed by atoms with Crippen LogP contribution in [0.1, 0.15) is 11.1 Å². The van der Waals surface area contributed by atoms with Gasteiger partial charge in [-0.05, 0) is 55.3 Å². The van der Waals surface area contributed by atoms with Crippen molar-refractivity contribution >= 4 is 28.8 Å². The van der Waals surface area contributed by atoms with E-state index in [0.29, 0.717) is 16.5 Å². The van der Waals surface area contributed by atoms with Crippen LogP contribution in [0.25, 0.3) is 5.65 Å². The summed E-state index contributed by atoms with van der Waals surface area (Å²) < 4.78 is 8.10. The summed E-state index contributed by atoms with van der Waals surface area (Å²) in [5.74, 6) is 0.280. The zero-order chi connectivity index (χ0) is 21.3. The largest absolute Gasteiger partial charge is 0.436 e. The number of hydrogen-bond donors (Lipinski definition) is 1. The summed E-state index contributed by atoms with van der Waals surface area (Å²) in [6, 6.07) is 12.4. The number of carbonyl (C=O) groups excluding carboxylic acids is 1. The Morgan fingerprint density at radius 1 is 1.17 bits per heavy atom. The maximum atomic E-state index is 12.7. The number of benzene rings is 2. The molecule has 0 aliphatic rings. The summed E-state index contributed by atoms with van der Waals surface area (Å²) in [7, 11) is 0. The quantitative estimate of drug-likeness (QED) is 0.529. The second kappa shape index (κ2) is 8.00. The van der Waals surface area contributed by atoms with E-state index in [1.165, 1.54) is 16.8 Å². The predicted octanol–water partition coefficient (Wildman–Crippen LogP) is 3.59. The third kappa shape index (κ3) is 3.90. The smallest absolute Gasteiger partial charge is 0.351 e. The summed E-state index contributed by atoms with van der Waals surface area (Å²) in [6.45, 7) is 3.65. The van der Waals surface area contributed by atoms with Crippen LogP contribution >= 0.6 is 11.6 Å². The van der Waals surface area contributed by atoms with Gasteiger partial charge in [0.25, 0.3) is 5.88 Å². The van der Waals surface area contributed by atoms with Crippen LogP contribution in [0.3, 0.4) is 0 Å². The van der Waals surface area contributed by atoms with E-state index < -0.39 is 5.69 Å². The van der Waals surface area contributed by atoms with Gasteiger partial charge in [-0.25, -0.2) is 18.9 Å². The van der Waals surface area contributed by atoms with Gasteiger partial charge in [-0.1, -0.05) is 23.7 Å². The SMILES string of the molecule is Cc1cccc(NC(=O)Cn2nc3c(Oc4ccc(Cl)cc4)nccn3c2=O)c1C. The highest BCUT2D eigenvalue weighted by Gasteiger charge is 2.16. The van der Waals surface area contributed by atoms with E-state index in [9.17, 15) is 9.59 Å². The van der Waals surface area contributed by atoms with Crippen molar-refractivity contribution in [3.8, 4) is 11.6 Å². The fourth-order valence-electron chi connectivity index (χ4n) is 2.93. The molecule has 0 spiro atoms. The van der Waals surface area contributed by atoms with Crippen LogP contribution in [0.4, 0.5) is 5.69 Å². The van der Waals surface area contributed by atoms with Gasteiger partial charge < -0.3 is 10.1 Å². The third-order valence-corrected chi connectivity index (χ3v) is 4.92. The summed E-state index contributed by atoms with van der Waals surface area (Å²) in [4.78, 5) is 29.3. The number of hydrogen-bond acceptors (Lipinski definition) is 5. The molecule has 30 heavy (non-hydrogen) atoms. The minimum atomic E-state index is -0.468. The van der Waals surface area contributed by atoms with Crippen molar-refractivity contribution in [1.82, 2.24) is 19.2 Å². The van der Waals surface area contributed by atoms with Crippen LogP contribution in [0.5, 0.6) is 11.6 Å². The summed E-state index contributed by atoms with van der Waals surface area (Å²) >= 11 is 5.89. The van der Waals surface area contributed by atoms with Gasteiger partial charge in [0.05, 0.1) is 0 Å². The molecule has 0 saturated carbocycles. The van der Waals surface area contributed by atoms with Crippen LogP contribution in [0.15, 0.2) is 59.7 Å². The second-order valence-electron chi connectivity index (χ2n) is 6.72. The minimum Gasteiger partial charge on any atom is -0.436 e. The molecular formula is C21H18ClN5O3. The maximum absolute atomic E-state index is 12.7. The van der Waals surface area contributed by atoms with Crippen molar-refractivity contribution in [1.29, 1.82) is 0 Å². The molecule has 0 atom stereocenters. The van der Waals surface area contributed by atoms with Gasteiger partial charge in [0.1, 0.15) is 12.3 Å². The van der Waals surface area contributed by atoms with Gasteiger partial charge in [-0.2, -0.15) is 0 Å². The highest BCUT2D eigenvalue weighted by atomic mass is 35.5. The molecule has 0 aliphatic heterocycles. The van der Waals surface area contributed by atoms with Gasteiger partial charge in [0.15, 0.2) is 0 Å². The Morgan fingerprint density at radius 2 is 1.93 bits per heavy atom. The number of nitrogens with zero attached hydrogens (tertiary/aromatic N) is 4. The normalized spacial score (nSPS) is 10.9. The highest BCUT2D eigenvalue weighted by Crippen LogP contribution is 2.23. The molecular weight excluding hydrogens is 406 g/mol. The average Bonchev–Trinajstić information content (AvgIpc) is 3.04. The van der Waals surface area contributed by atoms with Crippen LogP contribution in [0, 0.1) is 13.8 Å². The fraction of sp³-hybridized carbons (Fsp3) is 0.143. The molecule has 152 valence electrons. The molecule has 2 aromatic heterocycles. The van der Waals surface area contributed by atoms with Gasteiger partial charge in [-0.3, -0.25) is 4.79 Å². The summed E-state index contributed by atoms with van der Waals surface area (Å²) in [5.41, 5.74) is 2.47. The molecule has 0 fully saturated rings. The number of amides is 1. The van der Waals surface area contributed by atoms with E-state index >= 15 is 0 Å². The van der Waals surface area contributed by atoms with Crippen LogP contribution in [0.2, 0.25) is 5.02 Å². The summed E-state index contributed by atoms with van der Waals surface area (Å²) in [5, 5.41) is 7.64. The lowest BCUT2D eigenvalue weighted by molar-refractivity contribution is -0.117. The molecule has 0 radical (unpaired) electrons. The molecule has 2 heterocycles. The lowest BCUT2D eigenvalue weighted by atomic mass is 10.1. The Labute approximate surface area is 176 Å². The van der Waals surface area contributed by atoms with Gasteiger partial charge >= 0.3 is 5.69 Å². The minimum absolute atomic E-state index is 0.144. The predicted molar refractivity (Wildman–Crippen MR) is 113 cm³/mol. The van der Waals surface area contributed by atoms with Crippen molar-refractivity contribution in [3.05, 3.63) is 81.5 Å². The van der Waals surface area contributed by atoms with Crippen molar-refractivity contribution in [2.75, 3.05) is 5.32 Å². The Morgan fingerprint density at radius 3 is 2.70 bits per heavy atom. The molecule has 8 nitrogen and oxygen atoms in total. The molecule has 1 N–H and O–H groups in total. The molecule has 2 aromatic carbocycles. The maximum Gasteiger partial charge on any atom is 0.351 e. The first-order chi connectivity index (χ1) is 14.4. The first kappa shape index (κ1) is 19.7. The second-order valence-corrected chi connectivity index (χ2v) is 7.15. The molecule has 0 aliphatic carbocycles. The molecule has 0 saturated heterocycles. The van der Waals surface area contributed by atoms with E-state index in [-0.39, 0.29) is 24.0 Å². The first-order valence-electron chi connectivity index (χ1n) is 9.16. The molecule has 0 unspecified atom stereocenters. The number of halogens is 1. The molecule has 9 heteroatoms. The molecule has 0 bridgehead atoms. The van der Waals surface area contributed by atoms with E-state index in [2.05, 4.69) is 15.4 Å². The number of ether oxygens (including phenoxy) is 1. The number of fused-ring (bicyclic) bond motifs is 1. The lowest BCUT2D eigenvalue weighted by Crippen LogP contribution is -2.28. The standard InChI is InChI=1S/C21H18ClN5O3/c1-13-4-3-5-17(14(13)2)24-18(28)12-27-21(29)26-11-10-23-20(19(26)25-27)30-16-8-6-15(22)7-9-16/h3-11H,12H2,1-2H3,(H,24,28). The number of anilines is 1. The zero-order valence-electron chi connectivity index (χ0n) is 16.3. The van der Waals surface area contributed by atoms with E-state index in [1.807, 2.05) is 32.0 Å². The number of aryl methyl sites for hydroxylation is 1. The Bertz CT molecular complexity index is 1290. The first-order valence-corrected chi connectivity index (χ1v) is 9.54. The topological polar surface area (TPSA) is 90.5 Å². The van der Waals surface area contributed by atoms with Gasteiger partial charge in [0.2, 0.25) is 11.6 Å². The zero-order valence-corrected chi connectivity index (χ0v) is 17.1. The van der Waals surface area contributed by atoms with Gasteiger partial charge in [-0.15, -0.1) is 5.10 Å². The number of aromatic nitrogens is 4. The van der Waals surface area contributed by atoms with E-state index in [4.69, 9.17) is 16.3 Å². The number of carbonyl (C=O) groups is 1. The van der Waals surface area contributed by atoms with Crippen molar-refractivity contribution in [2.24, 2.45) is 0 Å². The average molecular weight is 424 g/mol. The molecule has 4 aromatic rings. The van der Waals surface area contributed by atoms with Crippen molar-refractivity contribution in [3.63, 3.8) is 0 Å². The van der Waals surface area contributed by atoms with E-state index in [0.717, 1.165) is 15.8 Å². The van der Waals surface area contributed by atoms with Gasteiger partial charge in [0, 0.05) is 23.1 Å². The van der Waals surface area contributed by atoms with Crippen molar-refractivity contribution in [2.45, 2.75) is 20.4 Å². The highest BCUT2D eigenvalue weighted by molar-refractivity contribution is 6.30. The Kier molecular flexibility index (Phi) is 5.24. The summed E-state index contributed by atoms with van der Waals surface area (Å²) in [6.07, 6.45) is 2.90. The van der Waals surface area contributed by atoms with Crippen LogP contribution < -0.4 is 15.7 Å². The third-order valence-electron chi connectivity index (χ3n) is 4.67. The fourth-order valence-corrected chi connectivity index (χ4v) is 3.05. The van der Waals surface area contributed by atoms with E-state index in [1.54, 1.807) is 24.3 Å². The lowest BCUT2D eigenvalue weighted by Gasteiger charge is -2.09. The van der Waals surface area contributed by atoms with Crippen molar-refractivity contribution < 1.29 is 9.53 Å². The molecule has 1 amide bonds. The number of nitrogens with one attached hydrogen (secondary N) is 1. The van der Waals surface area contributed by atoms with Crippen LogP contribution in [-0.2, 0) is 11.3 Å². The number of rotatable bonds is 5. The Hall–Kier alpha value is -3.65.